The highest BCUT2D eigenvalue weighted by molar-refractivity contribution is 5.72. The number of ether oxygens (including phenoxy) is 7. The van der Waals surface area contributed by atoms with Gasteiger partial charge in [0.1, 0.15) is 61.0 Å². The molecule has 2 saturated heterocycles. The zero-order valence-electron chi connectivity index (χ0n) is 29.5. The van der Waals surface area contributed by atoms with Crippen LogP contribution in [-0.2, 0) is 38.0 Å². The molecule has 2 heterocycles. The lowest BCUT2D eigenvalue weighted by Crippen LogP contribution is -2.54. The lowest BCUT2D eigenvalue weighted by atomic mass is 9.98. The van der Waals surface area contributed by atoms with Crippen LogP contribution in [0.4, 0.5) is 0 Å². The van der Waals surface area contributed by atoms with Gasteiger partial charge >= 0.3 is 5.95 Å². The Bertz CT molecular complexity index is 1060. The molecule has 0 radical (unpaired) electrons. The number of aliphatic hydroxyl groups is 12. The molecule has 0 aromatic heterocycles. The van der Waals surface area contributed by atoms with Gasteiger partial charge in [-0.1, -0.05) is 0 Å². The predicted octanol–water partition coefficient (Wildman–Crippen LogP) is -6.15. The minimum absolute atomic E-state index is 0.00791. The fraction of sp³-hybridized carbons (Fsp3) is 0.903. The molecule has 14 atom stereocenters. The molecule has 0 aliphatic carbocycles. The Labute approximate surface area is 305 Å². The van der Waals surface area contributed by atoms with Gasteiger partial charge in [-0.3, -0.25) is 4.79 Å². The van der Waals surface area contributed by atoms with Crippen LogP contribution < -0.4 is 11.1 Å². The lowest BCUT2D eigenvalue weighted by molar-refractivity contribution is -0.293. The zero-order chi connectivity index (χ0) is 39.7. The number of carbonyl (C=O) groups excluding carboxylic acids is 1. The standard InChI is InChI=1S/C31H58N2O20/c1-15(38)33-10-23(49-22(13-37)21(44)14-48-30-18(41)9-17(40)25(51-30)19(42)11-35)50-28-24(45)31(52-26(28)20(43)12-36)53-27(16(39)5-7-34)29(46)47-8-4-2-3-6-32/h16-26,28,30-31,34-37,39-46H,2-14,32H2,1H3,(H,33,38)/b29-27+/t16?,17?,18-,19+,20+,21?,22?,23?,24?,25+,26?,28?,30+,31?/m0/s1. The normalized spacial score (nSPS) is 30.1. The third kappa shape index (κ3) is 14.8. The minimum atomic E-state index is -1.87. The molecular weight excluding hydrogens is 720 g/mol. The summed E-state index contributed by atoms with van der Waals surface area (Å²) in [4.78, 5) is 11.8. The molecule has 2 fully saturated rings. The first-order valence-corrected chi connectivity index (χ1v) is 17.3. The van der Waals surface area contributed by atoms with Crippen molar-refractivity contribution < 1.29 is 99.2 Å². The third-order valence-electron chi connectivity index (χ3n) is 8.27. The molecule has 0 aromatic rings. The summed E-state index contributed by atoms with van der Waals surface area (Å²) < 4.78 is 38.8. The van der Waals surface area contributed by atoms with E-state index in [-0.39, 0.29) is 19.4 Å². The van der Waals surface area contributed by atoms with E-state index in [0.717, 1.165) is 6.92 Å². The maximum Gasteiger partial charge on any atom is 0.319 e. The van der Waals surface area contributed by atoms with Crippen molar-refractivity contribution in [2.24, 2.45) is 5.73 Å². The molecule has 22 heteroatoms. The molecule has 312 valence electrons. The number of amides is 1. The molecule has 22 nitrogen and oxygen atoms in total. The second kappa shape index (κ2) is 24.4. The average Bonchev–Trinajstić information content (AvgIpc) is 3.43. The van der Waals surface area contributed by atoms with Crippen LogP contribution in [0.15, 0.2) is 11.7 Å². The minimum Gasteiger partial charge on any atom is -0.478 e. The zero-order valence-corrected chi connectivity index (χ0v) is 29.5. The molecule has 0 spiro atoms. The number of hydrogen-bond donors (Lipinski definition) is 14. The van der Waals surface area contributed by atoms with E-state index < -0.39 is 143 Å². The number of nitrogens with two attached hydrogens (primary N) is 1. The summed E-state index contributed by atoms with van der Waals surface area (Å²) >= 11 is 0. The molecule has 0 saturated carbocycles. The molecular formula is C31H58N2O20. The molecule has 2 aliphatic heterocycles. The fourth-order valence-electron chi connectivity index (χ4n) is 5.36. The Morgan fingerprint density at radius 3 is 2.17 bits per heavy atom. The van der Waals surface area contributed by atoms with E-state index in [0.29, 0.717) is 25.8 Å². The quantitative estimate of drug-likeness (QED) is 0.0221. The molecule has 1 amide bonds. The van der Waals surface area contributed by atoms with Crippen LogP contribution in [0.3, 0.4) is 0 Å². The SMILES string of the molecule is CC(=O)NCC(OC(CO)C(O)CO[C@@H]1O[C@@H]([C@H](O)CO)C(O)C[C@@H]1O)OC1C(O)C(O/C(=C(\O)OCCCCCN)C(O)CCO)OC1[C@H](O)CO. The van der Waals surface area contributed by atoms with Crippen molar-refractivity contribution in [1.82, 2.24) is 5.32 Å². The van der Waals surface area contributed by atoms with Gasteiger partial charge in [0.15, 0.2) is 12.6 Å². The number of aliphatic hydroxyl groups excluding tert-OH is 12. The van der Waals surface area contributed by atoms with E-state index in [1.54, 1.807) is 0 Å². The van der Waals surface area contributed by atoms with Crippen molar-refractivity contribution in [3.05, 3.63) is 11.7 Å². The highest BCUT2D eigenvalue weighted by Gasteiger charge is 2.51. The summed E-state index contributed by atoms with van der Waals surface area (Å²) in [5.74, 6) is -2.08. The highest BCUT2D eigenvalue weighted by Crippen LogP contribution is 2.32. The molecule has 2 aliphatic rings. The maximum atomic E-state index is 11.8. The molecule has 0 aromatic carbocycles. The highest BCUT2D eigenvalue weighted by atomic mass is 16.8. The van der Waals surface area contributed by atoms with Gasteiger partial charge in [-0.15, -0.1) is 0 Å². The van der Waals surface area contributed by atoms with Crippen molar-refractivity contribution in [2.45, 2.75) is 125 Å². The Morgan fingerprint density at radius 2 is 1.57 bits per heavy atom. The largest absolute Gasteiger partial charge is 0.478 e. The van der Waals surface area contributed by atoms with Crippen molar-refractivity contribution in [1.29, 1.82) is 0 Å². The van der Waals surface area contributed by atoms with Gasteiger partial charge in [-0.05, 0) is 25.8 Å². The monoisotopic (exact) mass is 778 g/mol. The van der Waals surface area contributed by atoms with Crippen molar-refractivity contribution in [3.8, 4) is 0 Å². The van der Waals surface area contributed by atoms with Gasteiger partial charge in [0.05, 0.1) is 45.7 Å². The summed E-state index contributed by atoms with van der Waals surface area (Å²) in [5, 5.41) is 125. The van der Waals surface area contributed by atoms with Crippen molar-refractivity contribution in [3.63, 3.8) is 0 Å². The first kappa shape index (κ1) is 47.1. The van der Waals surface area contributed by atoms with Crippen LogP contribution >= 0.6 is 0 Å². The van der Waals surface area contributed by atoms with Gasteiger partial charge in [-0.25, -0.2) is 0 Å². The van der Waals surface area contributed by atoms with Crippen LogP contribution in [0.5, 0.6) is 0 Å². The number of rotatable bonds is 26. The lowest BCUT2D eigenvalue weighted by Gasteiger charge is -2.39. The first-order chi connectivity index (χ1) is 25.2. The second-order valence-corrected chi connectivity index (χ2v) is 12.5. The third-order valence-corrected chi connectivity index (χ3v) is 8.27. The van der Waals surface area contributed by atoms with E-state index in [1.807, 2.05) is 0 Å². The van der Waals surface area contributed by atoms with E-state index in [1.165, 1.54) is 0 Å². The summed E-state index contributed by atoms with van der Waals surface area (Å²) in [6.45, 7) is -2.64. The van der Waals surface area contributed by atoms with Crippen LogP contribution in [0, 0.1) is 0 Å². The Kier molecular flexibility index (Phi) is 21.7. The van der Waals surface area contributed by atoms with Crippen LogP contribution in [0.2, 0.25) is 0 Å². The number of hydrogen-bond acceptors (Lipinski definition) is 21. The average molecular weight is 779 g/mol. The predicted molar refractivity (Wildman–Crippen MR) is 175 cm³/mol. The number of carbonyl (C=O) groups is 1. The summed E-state index contributed by atoms with van der Waals surface area (Å²) in [7, 11) is 0. The van der Waals surface area contributed by atoms with E-state index in [9.17, 15) is 66.1 Å². The van der Waals surface area contributed by atoms with Crippen LogP contribution in [-0.4, -0.2) is 206 Å². The van der Waals surface area contributed by atoms with E-state index in [2.05, 4.69) is 5.32 Å². The molecule has 15 N–H and O–H groups in total. The van der Waals surface area contributed by atoms with E-state index >= 15 is 0 Å². The van der Waals surface area contributed by atoms with E-state index in [4.69, 9.17) is 38.9 Å². The molecule has 2 rings (SSSR count). The van der Waals surface area contributed by atoms with Gasteiger partial charge in [0.2, 0.25) is 18.0 Å². The van der Waals surface area contributed by atoms with Crippen LogP contribution in [0.25, 0.3) is 0 Å². The summed E-state index contributed by atoms with van der Waals surface area (Å²) in [5.41, 5.74) is 5.47. The Hall–Kier alpha value is -2.07. The maximum absolute atomic E-state index is 11.8. The molecule has 9 unspecified atom stereocenters. The first-order valence-electron chi connectivity index (χ1n) is 17.3. The number of unbranched alkanes of at least 4 members (excludes halogenated alkanes) is 2. The van der Waals surface area contributed by atoms with Gasteiger partial charge in [0, 0.05) is 26.4 Å². The Balaban J connectivity index is 2.23. The molecule has 0 bridgehead atoms. The van der Waals surface area contributed by atoms with Gasteiger partial charge in [0.25, 0.3) is 0 Å². The summed E-state index contributed by atoms with van der Waals surface area (Å²) in [6.07, 6.45) is -21.0. The van der Waals surface area contributed by atoms with Crippen molar-refractivity contribution in [2.75, 3.05) is 52.7 Å². The fourth-order valence-corrected chi connectivity index (χ4v) is 5.36. The van der Waals surface area contributed by atoms with Gasteiger partial charge < -0.3 is 105 Å². The molecule has 53 heavy (non-hydrogen) atoms. The van der Waals surface area contributed by atoms with Gasteiger partial charge in [-0.2, -0.15) is 0 Å². The topological polar surface area (TPSA) is 362 Å². The smallest absolute Gasteiger partial charge is 0.319 e. The summed E-state index contributed by atoms with van der Waals surface area (Å²) in [6, 6.07) is 0. The number of nitrogens with one attached hydrogen (secondary N) is 1. The van der Waals surface area contributed by atoms with Crippen molar-refractivity contribution >= 4 is 5.91 Å². The van der Waals surface area contributed by atoms with Crippen LogP contribution in [0.1, 0.15) is 39.0 Å². The second-order valence-electron chi connectivity index (χ2n) is 12.5. The Morgan fingerprint density at radius 1 is 0.906 bits per heavy atom.